The van der Waals surface area contributed by atoms with Gasteiger partial charge in [0.15, 0.2) is 0 Å². The number of nitrogens with one attached hydrogen (secondary N) is 4. The van der Waals surface area contributed by atoms with Crippen LogP contribution >= 0.6 is 0 Å². The molecule has 66 valence electrons. The van der Waals surface area contributed by atoms with Crippen LogP contribution < -0.4 is 21.3 Å². The summed E-state index contributed by atoms with van der Waals surface area (Å²) in [5, 5.41) is 11.1. The quantitative estimate of drug-likeness (QED) is 0.314. The molecule has 2 amide bonds. The van der Waals surface area contributed by atoms with Crippen molar-refractivity contribution < 1.29 is 9.59 Å². The molecular weight excluding hydrogens is 160 g/mol. The number of carbonyl (C=O) groups is 2. The standard InChI is InChI=1S/C6H10N4O2/c11-3-1-7-4-5(10-3)8-2-9-6(4)12/h4-5,7-8H,1-2H2,(H,9,12)(H,10,11). The summed E-state index contributed by atoms with van der Waals surface area (Å²) in [5.41, 5.74) is 0. The Morgan fingerprint density at radius 2 is 2.08 bits per heavy atom. The molecule has 0 spiro atoms. The molecule has 12 heavy (non-hydrogen) atoms. The molecule has 0 aromatic heterocycles. The van der Waals surface area contributed by atoms with Gasteiger partial charge in [0, 0.05) is 0 Å². The fraction of sp³-hybridized carbons (Fsp3) is 0.667. The fourth-order valence-electron chi connectivity index (χ4n) is 1.40. The number of rotatable bonds is 0. The van der Waals surface area contributed by atoms with Gasteiger partial charge in [0.05, 0.1) is 13.2 Å². The molecule has 2 saturated heterocycles. The maximum atomic E-state index is 11.2. The molecule has 6 heteroatoms. The number of fused-ring (bicyclic) bond motifs is 1. The largest absolute Gasteiger partial charge is 0.342 e. The third-order valence-corrected chi connectivity index (χ3v) is 2.00. The van der Waals surface area contributed by atoms with E-state index in [0.717, 1.165) is 0 Å². The van der Waals surface area contributed by atoms with Gasteiger partial charge in [0.25, 0.3) is 0 Å². The number of hydrogen-bond donors (Lipinski definition) is 4. The lowest BCUT2D eigenvalue weighted by atomic mass is 10.1. The summed E-state index contributed by atoms with van der Waals surface area (Å²) in [6, 6.07) is -0.337. The van der Waals surface area contributed by atoms with Crippen molar-refractivity contribution in [3.8, 4) is 0 Å². The molecule has 2 fully saturated rings. The molecule has 0 aliphatic carbocycles. The van der Waals surface area contributed by atoms with E-state index >= 15 is 0 Å². The minimum Gasteiger partial charge on any atom is -0.342 e. The van der Waals surface area contributed by atoms with Crippen LogP contribution in [0.15, 0.2) is 0 Å². The van der Waals surface area contributed by atoms with Crippen LogP contribution in [-0.2, 0) is 9.59 Å². The first-order valence-electron chi connectivity index (χ1n) is 3.81. The highest BCUT2D eigenvalue weighted by Crippen LogP contribution is 1.99. The van der Waals surface area contributed by atoms with E-state index < -0.39 is 0 Å². The summed E-state index contributed by atoms with van der Waals surface area (Å²) in [6.45, 7) is 0.609. The summed E-state index contributed by atoms with van der Waals surface area (Å²) in [5.74, 6) is -0.155. The lowest BCUT2D eigenvalue weighted by molar-refractivity contribution is -0.131. The van der Waals surface area contributed by atoms with Gasteiger partial charge < -0.3 is 10.6 Å². The lowest BCUT2D eigenvalue weighted by Gasteiger charge is -2.36. The second-order valence-corrected chi connectivity index (χ2v) is 2.83. The normalized spacial score (nSPS) is 35.0. The van der Waals surface area contributed by atoms with Gasteiger partial charge >= 0.3 is 0 Å². The van der Waals surface area contributed by atoms with Gasteiger partial charge in [-0.05, 0) is 0 Å². The molecule has 0 aromatic rings. The van der Waals surface area contributed by atoms with Crippen LogP contribution in [0.2, 0.25) is 0 Å². The summed E-state index contributed by atoms with van der Waals surface area (Å²) in [7, 11) is 0. The topological polar surface area (TPSA) is 82.3 Å². The van der Waals surface area contributed by atoms with Gasteiger partial charge in [-0.15, -0.1) is 0 Å². The van der Waals surface area contributed by atoms with Crippen LogP contribution in [0.4, 0.5) is 0 Å². The molecule has 2 heterocycles. The number of amides is 2. The summed E-state index contributed by atoms with van der Waals surface area (Å²) < 4.78 is 0. The maximum Gasteiger partial charge on any atom is 0.241 e. The van der Waals surface area contributed by atoms with E-state index in [1.54, 1.807) is 0 Å². The van der Waals surface area contributed by atoms with Gasteiger partial charge in [-0.25, -0.2) is 0 Å². The van der Waals surface area contributed by atoms with Crippen LogP contribution in [0.5, 0.6) is 0 Å². The van der Waals surface area contributed by atoms with Crippen molar-refractivity contribution in [2.24, 2.45) is 0 Å². The maximum absolute atomic E-state index is 11.2. The number of piperazine rings is 1. The average molecular weight is 170 g/mol. The molecule has 2 unspecified atom stereocenters. The van der Waals surface area contributed by atoms with E-state index in [9.17, 15) is 9.59 Å². The van der Waals surface area contributed by atoms with E-state index in [2.05, 4.69) is 21.3 Å². The van der Waals surface area contributed by atoms with Crippen molar-refractivity contribution in [1.29, 1.82) is 0 Å². The predicted molar refractivity (Wildman–Crippen MR) is 39.9 cm³/mol. The molecule has 2 rings (SSSR count). The Bertz CT molecular complexity index is 230. The van der Waals surface area contributed by atoms with Crippen molar-refractivity contribution in [3.63, 3.8) is 0 Å². The number of carbonyl (C=O) groups excluding carboxylic acids is 2. The molecule has 2 aliphatic heterocycles. The van der Waals surface area contributed by atoms with E-state index in [1.807, 2.05) is 0 Å². The van der Waals surface area contributed by atoms with E-state index in [4.69, 9.17) is 0 Å². The van der Waals surface area contributed by atoms with E-state index in [-0.39, 0.29) is 30.6 Å². The van der Waals surface area contributed by atoms with Gasteiger partial charge in [-0.1, -0.05) is 0 Å². The van der Waals surface area contributed by atoms with Crippen LogP contribution in [0.3, 0.4) is 0 Å². The summed E-state index contributed by atoms with van der Waals surface area (Å²) in [6.07, 6.45) is -0.264. The molecule has 0 bridgehead atoms. The van der Waals surface area contributed by atoms with Crippen molar-refractivity contribution in [1.82, 2.24) is 21.3 Å². The van der Waals surface area contributed by atoms with Gasteiger partial charge in [-0.3, -0.25) is 20.2 Å². The molecule has 0 saturated carbocycles. The number of hydrogen-bond acceptors (Lipinski definition) is 4. The highest BCUT2D eigenvalue weighted by molar-refractivity contribution is 5.88. The van der Waals surface area contributed by atoms with Gasteiger partial charge in [0.1, 0.15) is 12.2 Å². The zero-order valence-corrected chi connectivity index (χ0v) is 6.39. The predicted octanol–water partition coefficient (Wildman–Crippen LogP) is -2.92. The molecule has 0 radical (unpaired) electrons. The zero-order valence-electron chi connectivity index (χ0n) is 6.39. The summed E-state index contributed by atoms with van der Waals surface area (Å²) >= 11 is 0. The first-order valence-corrected chi connectivity index (χ1v) is 3.81. The van der Waals surface area contributed by atoms with Crippen molar-refractivity contribution in [3.05, 3.63) is 0 Å². The fourth-order valence-corrected chi connectivity index (χ4v) is 1.40. The Morgan fingerprint density at radius 3 is 2.92 bits per heavy atom. The van der Waals surface area contributed by atoms with Crippen LogP contribution in [0.25, 0.3) is 0 Å². The average Bonchev–Trinajstić information content (AvgIpc) is 2.04. The smallest absolute Gasteiger partial charge is 0.241 e. The van der Waals surface area contributed by atoms with Crippen molar-refractivity contribution in [2.45, 2.75) is 12.2 Å². The summed E-state index contributed by atoms with van der Waals surface area (Å²) in [4.78, 5) is 22.0. The third-order valence-electron chi connectivity index (χ3n) is 2.00. The zero-order chi connectivity index (χ0) is 8.55. The minimum absolute atomic E-state index is 0.0706. The Balaban J connectivity index is 2.09. The molecular formula is C6H10N4O2. The van der Waals surface area contributed by atoms with Crippen molar-refractivity contribution >= 4 is 11.8 Å². The Labute approximate surface area is 69.1 Å². The lowest BCUT2D eigenvalue weighted by Crippen LogP contribution is -2.73. The van der Waals surface area contributed by atoms with Crippen LogP contribution in [0.1, 0.15) is 0 Å². The van der Waals surface area contributed by atoms with Crippen molar-refractivity contribution in [2.75, 3.05) is 13.2 Å². The highest BCUT2D eigenvalue weighted by atomic mass is 16.2. The first-order chi connectivity index (χ1) is 5.77. The Kier molecular flexibility index (Phi) is 1.70. The van der Waals surface area contributed by atoms with Gasteiger partial charge in [0.2, 0.25) is 11.8 Å². The molecule has 2 atom stereocenters. The molecule has 4 N–H and O–H groups in total. The van der Waals surface area contributed by atoms with Gasteiger partial charge in [-0.2, -0.15) is 0 Å². The minimum atomic E-state index is -0.337. The van der Waals surface area contributed by atoms with E-state index in [0.29, 0.717) is 6.67 Å². The Morgan fingerprint density at radius 1 is 1.25 bits per heavy atom. The first kappa shape index (κ1) is 7.51. The molecule has 2 aliphatic rings. The van der Waals surface area contributed by atoms with Crippen LogP contribution in [0, 0.1) is 0 Å². The second kappa shape index (κ2) is 2.72. The van der Waals surface area contributed by atoms with E-state index in [1.165, 1.54) is 0 Å². The molecule has 0 aromatic carbocycles. The third kappa shape index (κ3) is 1.15. The van der Waals surface area contributed by atoms with Crippen LogP contribution in [-0.4, -0.2) is 37.2 Å². The molecule has 6 nitrogen and oxygen atoms in total. The second-order valence-electron chi connectivity index (χ2n) is 2.83. The highest BCUT2D eigenvalue weighted by Gasteiger charge is 2.35. The monoisotopic (exact) mass is 170 g/mol. The SMILES string of the molecule is O=C1CNC2C(=O)NCNC2N1. The Hall–Kier alpha value is -1.14.